The summed E-state index contributed by atoms with van der Waals surface area (Å²) >= 11 is 0. The minimum Gasteiger partial charge on any atom is -0.507 e. The summed E-state index contributed by atoms with van der Waals surface area (Å²) in [6, 6.07) is 16.4. The van der Waals surface area contributed by atoms with Crippen LogP contribution in [0.15, 0.2) is 54.6 Å². The molecule has 0 spiro atoms. The first-order valence-corrected chi connectivity index (χ1v) is 7.20. The Labute approximate surface area is 128 Å². The molecule has 0 aliphatic rings. The first kappa shape index (κ1) is 14.1. The molecular weight excluding hydrogens is 276 g/mol. The van der Waals surface area contributed by atoms with Gasteiger partial charge in [-0.05, 0) is 12.0 Å². The lowest BCUT2D eigenvalue weighted by Crippen LogP contribution is -2.05. The van der Waals surface area contributed by atoms with E-state index in [9.17, 15) is 15.0 Å². The van der Waals surface area contributed by atoms with Crippen molar-refractivity contribution in [1.29, 1.82) is 0 Å². The quantitative estimate of drug-likeness (QED) is 0.748. The molecule has 0 aromatic heterocycles. The summed E-state index contributed by atoms with van der Waals surface area (Å²) in [7, 11) is 0. The number of carboxylic acids is 1. The SMILES string of the molecule is CCc1c(-c2ccccc2)c(C(=O)O)c2ccccc2c1O. The summed E-state index contributed by atoms with van der Waals surface area (Å²) in [4.78, 5) is 11.9. The van der Waals surface area contributed by atoms with E-state index in [1.54, 1.807) is 24.3 Å². The van der Waals surface area contributed by atoms with E-state index in [-0.39, 0.29) is 11.3 Å². The Morgan fingerprint density at radius 3 is 2.14 bits per heavy atom. The van der Waals surface area contributed by atoms with Gasteiger partial charge in [0.2, 0.25) is 0 Å². The third kappa shape index (κ3) is 2.11. The fraction of sp³-hybridized carbons (Fsp3) is 0.105. The van der Waals surface area contributed by atoms with Crippen molar-refractivity contribution in [3.8, 4) is 16.9 Å². The fourth-order valence-electron chi connectivity index (χ4n) is 2.96. The van der Waals surface area contributed by atoms with Crippen LogP contribution in [0.5, 0.6) is 5.75 Å². The van der Waals surface area contributed by atoms with Crippen LogP contribution in [0.4, 0.5) is 0 Å². The first-order valence-electron chi connectivity index (χ1n) is 7.20. The molecule has 0 saturated heterocycles. The van der Waals surface area contributed by atoms with Gasteiger partial charge in [-0.15, -0.1) is 0 Å². The molecule has 2 N–H and O–H groups in total. The zero-order chi connectivity index (χ0) is 15.7. The molecule has 0 heterocycles. The van der Waals surface area contributed by atoms with E-state index in [4.69, 9.17) is 0 Å². The molecule has 3 rings (SSSR count). The number of rotatable bonds is 3. The number of aromatic hydroxyl groups is 1. The maximum absolute atomic E-state index is 11.9. The lowest BCUT2D eigenvalue weighted by molar-refractivity contribution is 0.0700. The highest BCUT2D eigenvalue weighted by Gasteiger charge is 2.22. The van der Waals surface area contributed by atoms with E-state index < -0.39 is 5.97 Å². The molecule has 0 aliphatic carbocycles. The standard InChI is InChI=1S/C19H16O3/c1-2-13-16(12-8-4-3-5-9-12)17(19(21)22)14-10-6-7-11-15(14)18(13)20/h3-11,20H,2H2,1H3,(H,21,22). The molecule has 3 aromatic carbocycles. The van der Waals surface area contributed by atoms with Crippen LogP contribution in [0.25, 0.3) is 21.9 Å². The molecule has 3 nitrogen and oxygen atoms in total. The number of fused-ring (bicyclic) bond motifs is 1. The molecular formula is C19H16O3. The summed E-state index contributed by atoms with van der Waals surface area (Å²) < 4.78 is 0. The maximum atomic E-state index is 11.9. The van der Waals surface area contributed by atoms with Gasteiger partial charge in [-0.3, -0.25) is 0 Å². The number of phenols is 1. The Kier molecular flexibility index (Phi) is 3.55. The Morgan fingerprint density at radius 2 is 1.55 bits per heavy atom. The molecule has 3 aromatic rings. The average molecular weight is 292 g/mol. The van der Waals surface area contributed by atoms with E-state index in [2.05, 4.69) is 0 Å². The molecule has 0 bridgehead atoms. The second-order valence-corrected chi connectivity index (χ2v) is 5.15. The fourth-order valence-corrected chi connectivity index (χ4v) is 2.96. The zero-order valence-electron chi connectivity index (χ0n) is 12.2. The van der Waals surface area contributed by atoms with Crippen LogP contribution in [0, 0.1) is 0 Å². The smallest absolute Gasteiger partial charge is 0.336 e. The van der Waals surface area contributed by atoms with E-state index in [0.29, 0.717) is 28.3 Å². The summed E-state index contributed by atoms with van der Waals surface area (Å²) in [5.41, 5.74) is 2.32. The van der Waals surface area contributed by atoms with E-state index in [1.807, 2.05) is 37.3 Å². The number of hydrogen-bond donors (Lipinski definition) is 2. The third-order valence-corrected chi connectivity index (χ3v) is 3.92. The first-order chi connectivity index (χ1) is 10.6. The predicted octanol–water partition coefficient (Wildman–Crippen LogP) is 4.47. The van der Waals surface area contributed by atoms with Crippen molar-refractivity contribution in [3.05, 3.63) is 65.7 Å². The van der Waals surface area contributed by atoms with E-state index in [0.717, 1.165) is 5.56 Å². The molecule has 3 heteroatoms. The van der Waals surface area contributed by atoms with Crippen LogP contribution >= 0.6 is 0 Å². The normalized spacial score (nSPS) is 10.8. The van der Waals surface area contributed by atoms with Gasteiger partial charge in [0.05, 0.1) is 5.56 Å². The summed E-state index contributed by atoms with van der Waals surface area (Å²) in [5, 5.41) is 21.5. The van der Waals surface area contributed by atoms with Crippen LogP contribution < -0.4 is 0 Å². The van der Waals surface area contributed by atoms with Crippen LogP contribution in [0.1, 0.15) is 22.8 Å². The van der Waals surface area contributed by atoms with Gasteiger partial charge in [0.1, 0.15) is 5.75 Å². The summed E-state index contributed by atoms with van der Waals surface area (Å²) in [6.45, 7) is 1.92. The van der Waals surface area contributed by atoms with Crippen LogP contribution in [-0.4, -0.2) is 16.2 Å². The van der Waals surface area contributed by atoms with Crippen molar-refractivity contribution in [2.75, 3.05) is 0 Å². The lowest BCUT2D eigenvalue weighted by Gasteiger charge is -2.17. The van der Waals surface area contributed by atoms with Gasteiger partial charge < -0.3 is 10.2 Å². The van der Waals surface area contributed by atoms with Crippen LogP contribution in [0.2, 0.25) is 0 Å². The zero-order valence-corrected chi connectivity index (χ0v) is 12.2. The number of hydrogen-bond acceptors (Lipinski definition) is 2. The molecule has 0 atom stereocenters. The lowest BCUT2D eigenvalue weighted by atomic mass is 9.87. The third-order valence-electron chi connectivity index (χ3n) is 3.92. The van der Waals surface area contributed by atoms with Gasteiger partial charge in [-0.1, -0.05) is 61.5 Å². The van der Waals surface area contributed by atoms with E-state index >= 15 is 0 Å². The Bertz CT molecular complexity index is 851. The van der Waals surface area contributed by atoms with Crippen molar-refractivity contribution in [1.82, 2.24) is 0 Å². The largest absolute Gasteiger partial charge is 0.507 e. The Balaban J connectivity index is 2.53. The highest BCUT2D eigenvalue weighted by Crippen LogP contribution is 2.41. The van der Waals surface area contributed by atoms with Gasteiger partial charge in [-0.25, -0.2) is 4.79 Å². The molecule has 0 amide bonds. The number of carbonyl (C=O) groups is 1. The second kappa shape index (κ2) is 5.53. The molecule has 0 fully saturated rings. The topological polar surface area (TPSA) is 57.5 Å². The highest BCUT2D eigenvalue weighted by atomic mass is 16.4. The summed E-state index contributed by atoms with van der Waals surface area (Å²) in [6.07, 6.45) is 0.557. The molecule has 0 unspecified atom stereocenters. The van der Waals surface area contributed by atoms with Gasteiger partial charge in [0.25, 0.3) is 0 Å². The van der Waals surface area contributed by atoms with E-state index in [1.165, 1.54) is 0 Å². The van der Waals surface area contributed by atoms with Crippen LogP contribution in [-0.2, 0) is 6.42 Å². The Morgan fingerprint density at radius 1 is 0.955 bits per heavy atom. The number of aromatic carboxylic acids is 1. The minimum absolute atomic E-state index is 0.168. The predicted molar refractivity (Wildman–Crippen MR) is 87.4 cm³/mol. The van der Waals surface area contributed by atoms with Crippen LogP contribution in [0.3, 0.4) is 0 Å². The van der Waals surface area contributed by atoms with Crippen molar-refractivity contribution in [2.24, 2.45) is 0 Å². The van der Waals surface area contributed by atoms with Gasteiger partial charge in [-0.2, -0.15) is 0 Å². The van der Waals surface area contributed by atoms with Crippen molar-refractivity contribution in [2.45, 2.75) is 13.3 Å². The molecule has 0 radical (unpaired) electrons. The monoisotopic (exact) mass is 292 g/mol. The molecule has 110 valence electrons. The number of carboxylic acid groups (broad SMARTS) is 1. The highest BCUT2D eigenvalue weighted by molar-refractivity contribution is 6.12. The number of benzene rings is 3. The van der Waals surface area contributed by atoms with Crippen molar-refractivity contribution >= 4 is 16.7 Å². The van der Waals surface area contributed by atoms with Crippen molar-refractivity contribution in [3.63, 3.8) is 0 Å². The maximum Gasteiger partial charge on any atom is 0.336 e. The summed E-state index contributed by atoms with van der Waals surface area (Å²) in [5.74, 6) is -0.813. The van der Waals surface area contributed by atoms with Gasteiger partial charge in [0.15, 0.2) is 0 Å². The minimum atomic E-state index is -0.982. The second-order valence-electron chi connectivity index (χ2n) is 5.15. The molecule has 22 heavy (non-hydrogen) atoms. The van der Waals surface area contributed by atoms with Crippen molar-refractivity contribution < 1.29 is 15.0 Å². The van der Waals surface area contributed by atoms with Gasteiger partial charge >= 0.3 is 5.97 Å². The molecule has 0 saturated carbocycles. The number of phenolic OH excluding ortho intramolecular Hbond substituents is 1. The average Bonchev–Trinajstić information content (AvgIpc) is 2.55. The molecule has 0 aliphatic heterocycles. The Hall–Kier alpha value is -2.81. The van der Waals surface area contributed by atoms with Gasteiger partial charge in [0, 0.05) is 21.9 Å².